The number of fused-ring (bicyclic) bond motifs is 1. The van der Waals surface area contributed by atoms with Crippen LogP contribution in [-0.4, -0.2) is 53.4 Å². The molecule has 0 spiro atoms. The number of carbonyl (C=O) groups is 1. The number of anilines is 2. The largest absolute Gasteiger partial charge is 0.381 e. The summed E-state index contributed by atoms with van der Waals surface area (Å²) in [4.78, 5) is 31.1. The average Bonchev–Trinajstić information content (AvgIpc) is 3.58. The topological polar surface area (TPSA) is 139 Å². The van der Waals surface area contributed by atoms with Crippen LogP contribution in [0.2, 0.25) is 0 Å². The first-order valence-electron chi connectivity index (χ1n) is 11.9. The van der Waals surface area contributed by atoms with Crippen LogP contribution in [0.4, 0.5) is 11.5 Å². The Labute approximate surface area is 201 Å². The summed E-state index contributed by atoms with van der Waals surface area (Å²) in [6, 6.07) is 2.14. The molecule has 3 N–H and O–H groups in total. The van der Waals surface area contributed by atoms with Crippen molar-refractivity contribution >= 4 is 28.4 Å². The zero-order valence-electron chi connectivity index (χ0n) is 19.7. The highest BCUT2D eigenvalue weighted by Gasteiger charge is 2.33. The molecule has 1 saturated carbocycles. The molecule has 4 aromatic rings. The summed E-state index contributed by atoms with van der Waals surface area (Å²) in [6.45, 7) is 3.39. The lowest BCUT2D eigenvalue weighted by atomic mass is 10.1. The van der Waals surface area contributed by atoms with E-state index < -0.39 is 5.91 Å². The molecule has 0 radical (unpaired) electrons. The zero-order valence-corrected chi connectivity index (χ0v) is 19.7. The third-order valence-corrected chi connectivity index (χ3v) is 6.75. The Balaban J connectivity index is 1.42. The maximum absolute atomic E-state index is 12.5. The molecule has 2 fully saturated rings. The second kappa shape index (κ2) is 8.42. The maximum atomic E-state index is 12.5. The van der Waals surface area contributed by atoms with Crippen LogP contribution in [0.15, 0.2) is 24.7 Å². The van der Waals surface area contributed by atoms with Gasteiger partial charge in [-0.15, -0.1) is 0 Å². The monoisotopic (exact) mass is 473 g/mol. The summed E-state index contributed by atoms with van der Waals surface area (Å²) >= 11 is 0. The smallest absolute Gasteiger partial charge is 0.271 e. The molecule has 1 aliphatic carbocycles. The van der Waals surface area contributed by atoms with Gasteiger partial charge in [0.2, 0.25) is 0 Å². The average molecular weight is 474 g/mol. The number of rotatable bonds is 6. The molecular weight excluding hydrogens is 446 g/mol. The highest BCUT2D eigenvalue weighted by atomic mass is 16.5. The number of ether oxygens (including phenoxy) is 1. The number of amides is 1. The summed E-state index contributed by atoms with van der Waals surface area (Å²) in [6.07, 6.45) is 9.30. The fourth-order valence-corrected chi connectivity index (χ4v) is 4.63. The molecule has 11 heteroatoms. The third kappa shape index (κ3) is 3.91. The van der Waals surface area contributed by atoms with E-state index in [1.165, 1.54) is 0 Å². The van der Waals surface area contributed by atoms with Crippen molar-refractivity contribution in [1.29, 1.82) is 0 Å². The van der Waals surface area contributed by atoms with Crippen molar-refractivity contribution in [3.8, 4) is 11.5 Å². The van der Waals surface area contributed by atoms with Crippen LogP contribution in [0.5, 0.6) is 0 Å². The summed E-state index contributed by atoms with van der Waals surface area (Å²) in [7, 11) is 1.91. The summed E-state index contributed by atoms with van der Waals surface area (Å²) in [5.74, 6) is 0.598. The first-order chi connectivity index (χ1) is 17.0. The number of nitrogens with one attached hydrogen (secondary N) is 1. The lowest BCUT2D eigenvalue weighted by Crippen LogP contribution is -2.20. The first-order valence-corrected chi connectivity index (χ1v) is 11.9. The van der Waals surface area contributed by atoms with Gasteiger partial charge in [0, 0.05) is 38.6 Å². The lowest BCUT2D eigenvalue weighted by molar-refractivity contribution is 0.0662. The van der Waals surface area contributed by atoms with Crippen LogP contribution in [0.25, 0.3) is 22.6 Å². The van der Waals surface area contributed by atoms with Crippen LogP contribution in [0, 0.1) is 6.92 Å². The van der Waals surface area contributed by atoms with Crippen LogP contribution >= 0.6 is 0 Å². The number of aryl methyl sites for hydroxylation is 2. The molecule has 6 rings (SSSR count). The lowest BCUT2D eigenvalue weighted by Gasteiger charge is -2.22. The van der Waals surface area contributed by atoms with Crippen LogP contribution in [0.1, 0.15) is 59.5 Å². The number of hydrogen-bond acceptors (Lipinski definition) is 8. The van der Waals surface area contributed by atoms with E-state index in [4.69, 9.17) is 30.5 Å². The number of pyridine rings is 1. The van der Waals surface area contributed by atoms with Crippen LogP contribution in [-0.2, 0) is 11.8 Å². The van der Waals surface area contributed by atoms with E-state index in [-0.39, 0.29) is 17.7 Å². The standard InChI is InChI=1S/C24H27N9O2/c1-13-17(12-33(31-13)15-6-9-35-10-7-15)27-23-21(22(25)34)29-20(19(30-23)14-3-4-14)24-28-16-5-8-26-11-18(16)32(24)2/h5,8,11-12,14-15H,3-4,6-7,9-10H2,1-2H3,(H2,25,34)(H,27,30). The molecule has 1 saturated heterocycles. The minimum absolute atomic E-state index is 0.0767. The zero-order chi connectivity index (χ0) is 24.1. The SMILES string of the molecule is Cc1nn(C2CCOCC2)cc1Nc1nc(C2CC2)c(-c2nc3ccncc3n2C)nc1C(N)=O. The molecule has 0 bridgehead atoms. The predicted octanol–water partition coefficient (Wildman–Crippen LogP) is 3.00. The molecule has 0 atom stereocenters. The number of aromatic nitrogens is 7. The summed E-state index contributed by atoms with van der Waals surface area (Å²) < 4.78 is 9.38. The van der Waals surface area contributed by atoms with Crippen molar-refractivity contribution in [2.24, 2.45) is 12.8 Å². The Hall–Kier alpha value is -3.86. The highest BCUT2D eigenvalue weighted by molar-refractivity contribution is 5.97. The van der Waals surface area contributed by atoms with E-state index in [0.29, 0.717) is 17.3 Å². The van der Waals surface area contributed by atoms with Crippen LogP contribution in [0.3, 0.4) is 0 Å². The highest BCUT2D eigenvalue weighted by Crippen LogP contribution is 2.44. The molecule has 0 unspecified atom stereocenters. The van der Waals surface area contributed by atoms with Crippen molar-refractivity contribution in [3.05, 3.63) is 41.7 Å². The number of nitrogens with zero attached hydrogens (tertiary/aromatic N) is 7. The maximum Gasteiger partial charge on any atom is 0.271 e. The van der Waals surface area contributed by atoms with Crippen molar-refractivity contribution in [2.75, 3.05) is 18.5 Å². The number of hydrogen-bond donors (Lipinski definition) is 2. The van der Waals surface area contributed by atoms with Gasteiger partial charge in [-0.25, -0.2) is 15.0 Å². The Bertz CT molecular complexity index is 1430. The normalized spacial score (nSPS) is 16.6. The fraction of sp³-hybridized carbons (Fsp3) is 0.417. The minimum atomic E-state index is -0.654. The number of carbonyl (C=O) groups excluding carboxylic acids is 1. The van der Waals surface area contributed by atoms with Gasteiger partial charge in [0.15, 0.2) is 17.3 Å². The molecule has 1 amide bonds. The summed E-state index contributed by atoms with van der Waals surface area (Å²) in [5, 5.41) is 7.99. The van der Waals surface area contributed by atoms with Gasteiger partial charge in [-0.05, 0) is 38.7 Å². The summed E-state index contributed by atoms with van der Waals surface area (Å²) in [5.41, 5.74) is 10.5. The molecule has 180 valence electrons. The van der Waals surface area contributed by atoms with Gasteiger partial charge in [0.1, 0.15) is 5.69 Å². The second-order valence-electron chi connectivity index (χ2n) is 9.23. The minimum Gasteiger partial charge on any atom is -0.381 e. The van der Waals surface area contributed by atoms with Gasteiger partial charge < -0.3 is 20.4 Å². The van der Waals surface area contributed by atoms with Gasteiger partial charge in [0.05, 0.1) is 40.3 Å². The number of nitrogens with two attached hydrogens (primary N) is 1. The Morgan fingerprint density at radius 3 is 2.69 bits per heavy atom. The van der Waals surface area contributed by atoms with E-state index in [0.717, 1.165) is 67.0 Å². The second-order valence-corrected chi connectivity index (χ2v) is 9.23. The van der Waals surface area contributed by atoms with Gasteiger partial charge in [-0.3, -0.25) is 14.5 Å². The quantitative estimate of drug-likeness (QED) is 0.436. The van der Waals surface area contributed by atoms with Crippen LogP contribution < -0.4 is 11.1 Å². The van der Waals surface area contributed by atoms with Gasteiger partial charge >= 0.3 is 0 Å². The molecule has 1 aliphatic heterocycles. The molecule has 4 aromatic heterocycles. The van der Waals surface area contributed by atoms with Crippen molar-refractivity contribution in [1.82, 2.24) is 34.3 Å². The van der Waals surface area contributed by atoms with Crippen molar-refractivity contribution in [2.45, 2.75) is 44.6 Å². The van der Waals surface area contributed by atoms with Gasteiger partial charge in [-0.2, -0.15) is 5.10 Å². The van der Waals surface area contributed by atoms with E-state index in [9.17, 15) is 4.79 Å². The molecule has 2 aliphatic rings. The number of primary amides is 1. The van der Waals surface area contributed by atoms with E-state index >= 15 is 0 Å². The molecular formula is C24H27N9O2. The Morgan fingerprint density at radius 2 is 1.97 bits per heavy atom. The Kier molecular flexibility index (Phi) is 5.21. The molecule has 5 heterocycles. The van der Waals surface area contributed by atoms with E-state index in [2.05, 4.69) is 10.3 Å². The van der Waals surface area contributed by atoms with Crippen molar-refractivity contribution in [3.63, 3.8) is 0 Å². The Morgan fingerprint density at radius 1 is 1.17 bits per heavy atom. The van der Waals surface area contributed by atoms with Crippen molar-refractivity contribution < 1.29 is 9.53 Å². The molecule has 35 heavy (non-hydrogen) atoms. The predicted molar refractivity (Wildman–Crippen MR) is 129 cm³/mol. The third-order valence-electron chi connectivity index (χ3n) is 6.75. The van der Waals surface area contributed by atoms with Gasteiger partial charge in [-0.1, -0.05) is 0 Å². The van der Waals surface area contributed by atoms with Gasteiger partial charge in [0.25, 0.3) is 5.91 Å². The van der Waals surface area contributed by atoms with E-state index in [1.54, 1.807) is 12.4 Å². The molecule has 0 aromatic carbocycles. The van der Waals surface area contributed by atoms with E-state index in [1.807, 2.05) is 35.5 Å². The molecule has 11 nitrogen and oxygen atoms in total. The fourth-order valence-electron chi connectivity index (χ4n) is 4.63. The number of imidazole rings is 1. The first kappa shape index (κ1) is 21.7.